The molecule has 0 atom stereocenters. The maximum atomic E-state index is 13.1. The van der Waals surface area contributed by atoms with Gasteiger partial charge in [0.05, 0.1) is 22.6 Å². The van der Waals surface area contributed by atoms with E-state index in [4.69, 9.17) is 11.0 Å². The Morgan fingerprint density at radius 3 is 2.89 bits per heavy atom. The van der Waals surface area contributed by atoms with Crippen LogP contribution in [0.5, 0.6) is 0 Å². The number of nitrogens with one attached hydrogen (secondary N) is 1. The summed E-state index contributed by atoms with van der Waals surface area (Å²) in [5.74, 6) is 1.04. The van der Waals surface area contributed by atoms with E-state index >= 15 is 0 Å². The van der Waals surface area contributed by atoms with E-state index in [-0.39, 0.29) is 17.4 Å². The number of nitriles is 1. The van der Waals surface area contributed by atoms with Crippen LogP contribution in [0.25, 0.3) is 11.0 Å². The van der Waals surface area contributed by atoms with Crippen LogP contribution in [0.15, 0.2) is 36.5 Å². The molecule has 28 heavy (non-hydrogen) atoms. The third kappa shape index (κ3) is 2.55. The highest BCUT2D eigenvalue weighted by atomic mass is 16.2. The van der Waals surface area contributed by atoms with Gasteiger partial charge in [0.25, 0.3) is 5.91 Å². The molecule has 1 amide bonds. The smallest absolute Gasteiger partial charge is 0.254 e. The van der Waals surface area contributed by atoms with Gasteiger partial charge in [0.2, 0.25) is 5.95 Å². The quantitative estimate of drug-likeness (QED) is 0.709. The lowest BCUT2D eigenvalue weighted by Gasteiger charge is -2.43. The molecule has 1 aromatic carbocycles. The normalized spacial score (nSPS) is 17.7. The molecule has 2 aliphatic rings. The molecule has 3 aromatic rings. The predicted molar refractivity (Wildman–Crippen MR) is 105 cm³/mol. The number of benzene rings is 1. The Morgan fingerprint density at radius 1 is 1.25 bits per heavy atom. The lowest BCUT2D eigenvalue weighted by Crippen LogP contribution is -2.57. The van der Waals surface area contributed by atoms with Crippen molar-refractivity contribution in [3.63, 3.8) is 0 Å². The number of piperazine rings is 1. The van der Waals surface area contributed by atoms with Crippen LogP contribution in [0, 0.1) is 11.3 Å². The number of amides is 1. The van der Waals surface area contributed by atoms with Crippen molar-refractivity contribution in [1.82, 2.24) is 19.9 Å². The van der Waals surface area contributed by atoms with E-state index in [0.717, 1.165) is 29.7 Å². The van der Waals surface area contributed by atoms with E-state index in [0.29, 0.717) is 30.8 Å². The van der Waals surface area contributed by atoms with E-state index in [1.807, 2.05) is 17.2 Å². The summed E-state index contributed by atoms with van der Waals surface area (Å²) in [6.07, 6.45) is 3.76. The number of nitrogens with two attached hydrogens (primary N) is 1. The van der Waals surface area contributed by atoms with Crippen molar-refractivity contribution in [3.05, 3.63) is 47.7 Å². The predicted octanol–water partition coefficient (Wildman–Crippen LogP) is 1.91. The maximum absolute atomic E-state index is 13.1. The molecule has 1 saturated carbocycles. The fourth-order valence-corrected chi connectivity index (χ4v) is 4.11. The van der Waals surface area contributed by atoms with Gasteiger partial charge in [0, 0.05) is 31.4 Å². The Bertz CT molecular complexity index is 1130. The van der Waals surface area contributed by atoms with Gasteiger partial charge in [-0.25, -0.2) is 0 Å². The molecule has 1 spiro atoms. The van der Waals surface area contributed by atoms with Crippen molar-refractivity contribution in [2.75, 3.05) is 30.3 Å². The molecule has 2 fully saturated rings. The zero-order chi connectivity index (χ0) is 19.3. The summed E-state index contributed by atoms with van der Waals surface area (Å²) in [5.41, 5.74) is 7.50. The second-order valence-electron chi connectivity index (χ2n) is 7.44. The van der Waals surface area contributed by atoms with Crippen LogP contribution < -0.4 is 10.6 Å². The molecule has 5 rings (SSSR count). The van der Waals surface area contributed by atoms with Crippen LogP contribution in [0.4, 0.5) is 11.8 Å². The molecule has 140 valence electrons. The SMILES string of the molecule is N#Cc1cccc(C(=O)N2CCN(c3nc(N)nc4[nH]ccc34)CC23CC3)c1. The van der Waals surface area contributed by atoms with Gasteiger partial charge in [-0.15, -0.1) is 0 Å². The minimum atomic E-state index is -0.180. The number of aromatic nitrogens is 3. The maximum Gasteiger partial charge on any atom is 0.254 e. The van der Waals surface area contributed by atoms with Gasteiger partial charge in [-0.2, -0.15) is 15.2 Å². The first-order valence-electron chi connectivity index (χ1n) is 9.27. The van der Waals surface area contributed by atoms with Crippen LogP contribution >= 0.6 is 0 Å². The highest BCUT2D eigenvalue weighted by Gasteiger charge is 2.53. The van der Waals surface area contributed by atoms with E-state index in [9.17, 15) is 4.79 Å². The van der Waals surface area contributed by atoms with Gasteiger partial charge < -0.3 is 20.5 Å². The average Bonchev–Trinajstić information content (AvgIpc) is 3.30. The Kier molecular flexibility index (Phi) is 3.52. The van der Waals surface area contributed by atoms with Crippen molar-refractivity contribution in [2.24, 2.45) is 0 Å². The number of aromatic amines is 1. The third-order valence-electron chi connectivity index (χ3n) is 5.67. The van der Waals surface area contributed by atoms with Crippen molar-refractivity contribution in [3.8, 4) is 6.07 Å². The van der Waals surface area contributed by atoms with Crippen LogP contribution in [0.1, 0.15) is 28.8 Å². The molecule has 0 unspecified atom stereocenters. The molecule has 8 nitrogen and oxygen atoms in total. The van der Waals surface area contributed by atoms with Gasteiger partial charge in [0.1, 0.15) is 11.5 Å². The number of carbonyl (C=O) groups excluding carboxylic acids is 1. The highest BCUT2D eigenvalue weighted by molar-refractivity contribution is 5.96. The molecule has 0 radical (unpaired) electrons. The summed E-state index contributed by atoms with van der Waals surface area (Å²) in [7, 11) is 0. The molecular weight excluding hydrogens is 354 g/mol. The standard InChI is InChI=1S/C20H19N7O/c21-11-13-2-1-3-14(10-13)18(28)27-9-8-26(12-20(27)5-6-20)17-15-4-7-23-16(15)24-19(22)25-17/h1-4,7,10H,5-6,8-9,12H2,(H3,22,23,24,25). The van der Waals surface area contributed by atoms with Crippen molar-refractivity contribution in [1.29, 1.82) is 5.26 Å². The number of fused-ring (bicyclic) bond motifs is 1. The monoisotopic (exact) mass is 373 g/mol. The van der Waals surface area contributed by atoms with E-state index in [1.165, 1.54) is 0 Å². The van der Waals surface area contributed by atoms with E-state index < -0.39 is 0 Å². The molecule has 1 saturated heterocycles. The minimum absolute atomic E-state index is 0.0109. The van der Waals surface area contributed by atoms with Gasteiger partial charge in [-0.05, 0) is 37.1 Å². The first kappa shape index (κ1) is 16.6. The topological polar surface area (TPSA) is 115 Å². The largest absolute Gasteiger partial charge is 0.368 e. The molecule has 0 bridgehead atoms. The second-order valence-corrected chi connectivity index (χ2v) is 7.44. The second kappa shape index (κ2) is 5.96. The van der Waals surface area contributed by atoms with Gasteiger partial charge in [-0.1, -0.05) is 6.07 Å². The summed E-state index contributed by atoms with van der Waals surface area (Å²) >= 11 is 0. The van der Waals surface area contributed by atoms with E-state index in [1.54, 1.807) is 24.3 Å². The first-order chi connectivity index (χ1) is 13.6. The van der Waals surface area contributed by atoms with Crippen LogP contribution in [-0.2, 0) is 0 Å². The lowest BCUT2D eigenvalue weighted by atomic mass is 10.1. The molecule has 3 heterocycles. The molecule has 2 aromatic heterocycles. The average molecular weight is 373 g/mol. The highest BCUT2D eigenvalue weighted by Crippen LogP contribution is 2.46. The zero-order valence-corrected chi connectivity index (χ0v) is 15.2. The Balaban J connectivity index is 1.44. The molecular formula is C20H19N7O. The molecule has 8 heteroatoms. The number of anilines is 2. The summed E-state index contributed by atoms with van der Waals surface area (Å²) < 4.78 is 0. The summed E-state index contributed by atoms with van der Waals surface area (Å²) in [4.78, 5) is 29.1. The van der Waals surface area contributed by atoms with Crippen LogP contribution in [-0.4, -0.2) is 50.9 Å². The fourth-order valence-electron chi connectivity index (χ4n) is 4.11. The number of nitrogen functional groups attached to an aromatic ring is 1. The summed E-state index contributed by atoms with van der Waals surface area (Å²) in [6, 6.07) is 11.0. The zero-order valence-electron chi connectivity index (χ0n) is 15.2. The molecule has 3 N–H and O–H groups in total. The number of hydrogen-bond donors (Lipinski definition) is 2. The summed E-state index contributed by atoms with van der Waals surface area (Å²) in [6.45, 7) is 1.99. The van der Waals surface area contributed by atoms with Crippen molar-refractivity contribution >= 4 is 28.7 Å². The van der Waals surface area contributed by atoms with Gasteiger partial charge in [0.15, 0.2) is 0 Å². The number of rotatable bonds is 2. The number of H-pyrrole nitrogens is 1. The number of hydrogen-bond acceptors (Lipinski definition) is 6. The molecule has 1 aliphatic heterocycles. The lowest BCUT2D eigenvalue weighted by molar-refractivity contribution is 0.0624. The van der Waals surface area contributed by atoms with Crippen LogP contribution in [0.3, 0.4) is 0 Å². The fraction of sp³-hybridized carbons (Fsp3) is 0.300. The van der Waals surface area contributed by atoms with E-state index in [2.05, 4.69) is 25.9 Å². The minimum Gasteiger partial charge on any atom is -0.368 e. The van der Waals surface area contributed by atoms with Gasteiger partial charge >= 0.3 is 0 Å². The third-order valence-corrected chi connectivity index (χ3v) is 5.67. The van der Waals surface area contributed by atoms with Crippen LogP contribution in [0.2, 0.25) is 0 Å². The number of nitrogens with zero attached hydrogens (tertiary/aromatic N) is 5. The van der Waals surface area contributed by atoms with Gasteiger partial charge in [-0.3, -0.25) is 4.79 Å². The molecule has 1 aliphatic carbocycles. The Labute approximate surface area is 161 Å². The van der Waals surface area contributed by atoms with Crippen molar-refractivity contribution in [2.45, 2.75) is 18.4 Å². The van der Waals surface area contributed by atoms with Crippen molar-refractivity contribution < 1.29 is 4.79 Å². The first-order valence-corrected chi connectivity index (χ1v) is 9.27. The Morgan fingerprint density at radius 2 is 2.11 bits per heavy atom. The Hall–Kier alpha value is -3.60. The number of carbonyl (C=O) groups is 1. The summed E-state index contributed by atoms with van der Waals surface area (Å²) in [5, 5.41) is 10.1.